The van der Waals surface area contributed by atoms with Crippen LogP contribution in [0, 0.1) is 5.92 Å². The third-order valence-corrected chi connectivity index (χ3v) is 3.51. The second-order valence-electron chi connectivity index (χ2n) is 5.68. The highest BCUT2D eigenvalue weighted by Gasteiger charge is 2.10. The second kappa shape index (κ2) is 8.35. The van der Waals surface area contributed by atoms with Gasteiger partial charge in [-0.25, -0.2) is 9.97 Å². The normalized spacial score (nSPS) is 10.5. The highest BCUT2D eigenvalue weighted by molar-refractivity contribution is 6.30. The molecule has 0 unspecified atom stereocenters. The van der Waals surface area contributed by atoms with Gasteiger partial charge < -0.3 is 11.1 Å². The van der Waals surface area contributed by atoms with Gasteiger partial charge in [-0.2, -0.15) is 0 Å². The van der Waals surface area contributed by atoms with Gasteiger partial charge in [-0.05, 0) is 30.5 Å². The van der Waals surface area contributed by atoms with Crippen LogP contribution in [0.2, 0.25) is 5.02 Å². The molecular weight excluding hydrogens is 328 g/mol. The molecule has 5 N–H and O–H groups in total. The Morgan fingerprint density at radius 3 is 2.75 bits per heavy atom. The zero-order valence-electron chi connectivity index (χ0n) is 13.6. The van der Waals surface area contributed by atoms with Crippen molar-refractivity contribution in [3.63, 3.8) is 0 Å². The molecule has 0 aliphatic carbocycles. The lowest BCUT2D eigenvalue weighted by Crippen LogP contribution is -2.30. The van der Waals surface area contributed by atoms with Crippen molar-refractivity contribution in [3.8, 4) is 0 Å². The lowest BCUT2D eigenvalue weighted by Gasteiger charge is -2.13. The topological polar surface area (TPSA) is 105 Å². The van der Waals surface area contributed by atoms with E-state index in [1.807, 2.05) is 0 Å². The zero-order chi connectivity index (χ0) is 17.5. The Kier molecular flexibility index (Phi) is 6.20. The van der Waals surface area contributed by atoms with Crippen LogP contribution < -0.4 is 21.9 Å². The minimum atomic E-state index is -0.343. The van der Waals surface area contributed by atoms with Crippen molar-refractivity contribution in [1.29, 1.82) is 0 Å². The Morgan fingerprint density at radius 2 is 2.04 bits per heavy atom. The molecule has 1 aromatic heterocycles. The molecule has 1 heterocycles. The number of halogens is 1. The predicted octanol–water partition coefficient (Wildman–Crippen LogP) is 2.93. The van der Waals surface area contributed by atoms with Crippen molar-refractivity contribution in [2.24, 2.45) is 5.92 Å². The van der Waals surface area contributed by atoms with Crippen molar-refractivity contribution in [3.05, 3.63) is 41.2 Å². The molecular formula is C16H21ClN6O. The summed E-state index contributed by atoms with van der Waals surface area (Å²) >= 11 is 5.87. The first-order valence-electron chi connectivity index (χ1n) is 7.63. The maximum atomic E-state index is 12.1. The average Bonchev–Trinajstić information content (AvgIpc) is 2.54. The number of hydrogen-bond donors (Lipinski definition) is 4. The second-order valence-corrected chi connectivity index (χ2v) is 6.12. The molecule has 0 bridgehead atoms. The van der Waals surface area contributed by atoms with Crippen LogP contribution in [-0.2, 0) is 0 Å². The number of nitrogens with one attached hydrogen (secondary N) is 3. The van der Waals surface area contributed by atoms with Gasteiger partial charge in [-0.3, -0.25) is 15.6 Å². The molecule has 2 rings (SSSR count). The van der Waals surface area contributed by atoms with Crippen LogP contribution in [0.5, 0.6) is 0 Å². The Balaban J connectivity index is 1.98. The number of anilines is 3. The largest absolute Gasteiger partial charge is 0.393 e. The van der Waals surface area contributed by atoms with Gasteiger partial charge in [0.2, 0.25) is 0 Å². The van der Waals surface area contributed by atoms with Crippen LogP contribution in [0.15, 0.2) is 30.6 Å². The molecule has 0 saturated heterocycles. The summed E-state index contributed by atoms with van der Waals surface area (Å²) in [6.45, 7) is 5.04. The highest BCUT2D eigenvalue weighted by atomic mass is 35.5. The summed E-state index contributed by atoms with van der Waals surface area (Å²) in [5, 5.41) is 3.65. The Morgan fingerprint density at radius 1 is 1.29 bits per heavy atom. The fourth-order valence-corrected chi connectivity index (χ4v) is 2.12. The third kappa shape index (κ3) is 4.99. The summed E-state index contributed by atoms with van der Waals surface area (Å²) in [6.07, 6.45) is 2.37. The van der Waals surface area contributed by atoms with Crippen LogP contribution in [0.25, 0.3) is 0 Å². The Bertz CT molecular complexity index is 707. The SMILES string of the molecule is CC(C)CCNc1ncnc(NNC(=O)c2cccc(Cl)c2)c1N. The van der Waals surface area contributed by atoms with Crippen molar-refractivity contribution < 1.29 is 4.79 Å². The number of carbonyl (C=O) groups excluding carboxylic acids is 1. The van der Waals surface area contributed by atoms with E-state index in [2.05, 4.69) is 40.0 Å². The molecule has 24 heavy (non-hydrogen) atoms. The van der Waals surface area contributed by atoms with Crippen molar-refractivity contribution in [1.82, 2.24) is 15.4 Å². The average molecular weight is 349 g/mol. The number of rotatable bonds is 7. The minimum absolute atomic E-state index is 0.326. The maximum Gasteiger partial charge on any atom is 0.269 e. The number of hydrazine groups is 1. The van der Waals surface area contributed by atoms with E-state index in [0.29, 0.717) is 33.8 Å². The van der Waals surface area contributed by atoms with Gasteiger partial charge in [-0.15, -0.1) is 0 Å². The number of benzene rings is 1. The van der Waals surface area contributed by atoms with Crippen LogP contribution in [0.1, 0.15) is 30.6 Å². The first-order chi connectivity index (χ1) is 11.5. The molecule has 1 aromatic carbocycles. The van der Waals surface area contributed by atoms with Gasteiger partial charge in [0.05, 0.1) is 0 Å². The van der Waals surface area contributed by atoms with Crippen molar-refractivity contribution >= 4 is 34.8 Å². The van der Waals surface area contributed by atoms with E-state index in [1.165, 1.54) is 6.33 Å². The maximum absolute atomic E-state index is 12.1. The first-order valence-corrected chi connectivity index (χ1v) is 8.01. The predicted molar refractivity (Wildman–Crippen MR) is 96.9 cm³/mol. The van der Waals surface area contributed by atoms with Gasteiger partial charge in [0.25, 0.3) is 5.91 Å². The lowest BCUT2D eigenvalue weighted by molar-refractivity contribution is 0.0962. The van der Waals surface area contributed by atoms with Crippen molar-refractivity contribution in [2.45, 2.75) is 20.3 Å². The number of amides is 1. The molecule has 7 nitrogen and oxygen atoms in total. The molecule has 0 atom stereocenters. The van der Waals surface area contributed by atoms with E-state index in [9.17, 15) is 4.79 Å². The zero-order valence-corrected chi connectivity index (χ0v) is 14.4. The number of nitrogens with zero attached hydrogens (tertiary/aromatic N) is 2. The molecule has 0 aliphatic rings. The molecule has 0 spiro atoms. The minimum Gasteiger partial charge on any atom is -0.393 e. The Labute approximate surface area is 146 Å². The highest BCUT2D eigenvalue weighted by Crippen LogP contribution is 2.22. The molecule has 0 fully saturated rings. The van der Waals surface area contributed by atoms with Gasteiger partial charge in [0.15, 0.2) is 11.6 Å². The molecule has 2 aromatic rings. The van der Waals surface area contributed by atoms with E-state index in [1.54, 1.807) is 24.3 Å². The summed E-state index contributed by atoms with van der Waals surface area (Å²) in [5.41, 5.74) is 12.0. The summed E-state index contributed by atoms with van der Waals surface area (Å²) in [6, 6.07) is 6.63. The number of carbonyl (C=O) groups is 1. The molecule has 8 heteroatoms. The summed E-state index contributed by atoms with van der Waals surface area (Å²) in [7, 11) is 0. The first kappa shape index (κ1) is 17.8. The number of aromatic nitrogens is 2. The number of hydrogen-bond acceptors (Lipinski definition) is 6. The van der Waals surface area contributed by atoms with Crippen LogP contribution in [-0.4, -0.2) is 22.4 Å². The number of nitrogens with two attached hydrogens (primary N) is 1. The standard InChI is InChI=1S/C16H21ClN6O/c1-10(2)6-7-19-14-13(18)15(21-9-20-14)22-23-16(24)11-4-3-5-12(17)8-11/h3-5,8-10H,6-7,18H2,1-2H3,(H,23,24)(H2,19,20,21,22). The fraction of sp³-hybridized carbons (Fsp3) is 0.312. The third-order valence-electron chi connectivity index (χ3n) is 3.28. The van der Waals surface area contributed by atoms with E-state index in [0.717, 1.165) is 13.0 Å². The monoisotopic (exact) mass is 348 g/mol. The van der Waals surface area contributed by atoms with Crippen LogP contribution in [0.3, 0.4) is 0 Å². The molecule has 128 valence electrons. The van der Waals surface area contributed by atoms with E-state index >= 15 is 0 Å². The summed E-state index contributed by atoms with van der Waals surface area (Å²) < 4.78 is 0. The van der Waals surface area contributed by atoms with E-state index < -0.39 is 0 Å². The smallest absolute Gasteiger partial charge is 0.269 e. The number of nitrogen functional groups attached to an aromatic ring is 1. The summed E-state index contributed by atoms with van der Waals surface area (Å²) in [4.78, 5) is 20.2. The van der Waals surface area contributed by atoms with Gasteiger partial charge in [0, 0.05) is 17.1 Å². The molecule has 0 aliphatic heterocycles. The van der Waals surface area contributed by atoms with E-state index in [-0.39, 0.29) is 5.91 Å². The quantitative estimate of drug-likeness (QED) is 0.573. The fourth-order valence-electron chi connectivity index (χ4n) is 1.93. The van der Waals surface area contributed by atoms with Crippen LogP contribution in [0.4, 0.5) is 17.3 Å². The molecule has 0 saturated carbocycles. The van der Waals surface area contributed by atoms with Crippen molar-refractivity contribution in [2.75, 3.05) is 23.0 Å². The van der Waals surface area contributed by atoms with Crippen LogP contribution >= 0.6 is 11.6 Å². The Hall–Kier alpha value is -2.54. The van der Waals surface area contributed by atoms with E-state index in [4.69, 9.17) is 17.3 Å². The lowest BCUT2D eigenvalue weighted by atomic mass is 10.1. The van der Waals surface area contributed by atoms with Gasteiger partial charge in [0.1, 0.15) is 12.0 Å². The molecule has 1 amide bonds. The van der Waals surface area contributed by atoms with Gasteiger partial charge >= 0.3 is 0 Å². The summed E-state index contributed by atoms with van der Waals surface area (Å²) in [5.74, 6) is 1.09. The van der Waals surface area contributed by atoms with Gasteiger partial charge in [-0.1, -0.05) is 31.5 Å². The molecule has 0 radical (unpaired) electrons.